The molecule has 1 heterocycles. The second-order valence-corrected chi connectivity index (χ2v) is 4.24. The van der Waals surface area contributed by atoms with Crippen LogP contribution in [-0.2, 0) is 11.3 Å². The number of H-pyrrole nitrogens is 1. The standard InChI is InChI=1S/C10H8BrN3O3/c11-7-1-3-8(4-2-7)12-9(15)5-14-6-10(16)17-13-14/h1-4,6H,5H2,(H-,12,13,15,16)/p+1. The Hall–Kier alpha value is -1.89. The number of nitrogens with one attached hydrogen (secondary N) is 2. The predicted octanol–water partition coefficient (Wildman–Crippen LogP) is 0.657. The molecule has 0 spiro atoms. The number of anilines is 1. The Morgan fingerprint density at radius 1 is 1.41 bits per heavy atom. The van der Waals surface area contributed by atoms with E-state index in [1.165, 1.54) is 10.9 Å². The zero-order valence-electron chi connectivity index (χ0n) is 8.64. The van der Waals surface area contributed by atoms with E-state index in [1.54, 1.807) is 12.1 Å². The van der Waals surface area contributed by atoms with E-state index in [-0.39, 0.29) is 12.5 Å². The number of halogens is 1. The number of rotatable bonds is 3. The van der Waals surface area contributed by atoms with Crippen molar-refractivity contribution in [2.45, 2.75) is 6.54 Å². The summed E-state index contributed by atoms with van der Waals surface area (Å²) in [6.45, 7) is -0.0121. The molecule has 2 N–H and O–H groups in total. The maximum atomic E-state index is 11.6. The summed E-state index contributed by atoms with van der Waals surface area (Å²) in [6, 6.07) is 7.18. The van der Waals surface area contributed by atoms with Gasteiger partial charge in [0.15, 0.2) is 0 Å². The Kier molecular flexibility index (Phi) is 3.38. The molecular formula is C10H9BrN3O3+. The first-order valence-corrected chi connectivity index (χ1v) is 5.56. The molecule has 88 valence electrons. The van der Waals surface area contributed by atoms with Crippen LogP contribution in [0.25, 0.3) is 0 Å². The molecule has 0 saturated carbocycles. The number of hydrogen-bond donors (Lipinski definition) is 2. The minimum Gasteiger partial charge on any atom is -0.321 e. The highest BCUT2D eigenvalue weighted by atomic mass is 79.9. The largest absolute Gasteiger partial charge is 0.426 e. The first-order chi connectivity index (χ1) is 8.13. The van der Waals surface area contributed by atoms with Crippen LogP contribution in [0.1, 0.15) is 0 Å². The lowest BCUT2D eigenvalue weighted by molar-refractivity contribution is -0.750. The normalized spacial score (nSPS) is 10.2. The first kappa shape index (κ1) is 11.6. The lowest BCUT2D eigenvalue weighted by Gasteiger charge is -2.01. The highest BCUT2D eigenvalue weighted by Gasteiger charge is 2.12. The summed E-state index contributed by atoms with van der Waals surface area (Å²) in [6.07, 6.45) is 1.17. The van der Waals surface area contributed by atoms with Crippen molar-refractivity contribution in [2.24, 2.45) is 0 Å². The van der Waals surface area contributed by atoms with Crippen LogP contribution in [0.5, 0.6) is 0 Å². The van der Waals surface area contributed by atoms with E-state index in [4.69, 9.17) is 0 Å². The Labute approximate surface area is 104 Å². The third kappa shape index (κ3) is 3.28. The second kappa shape index (κ2) is 4.96. The second-order valence-electron chi connectivity index (χ2n) is 3.32. The van der Waals surface area contributed by atoms with Crippen LogP contribution in [0, 0.1) is 0 Å². The van der Waals surface area contributed by atoms with Gasteiger partial charge < -0.3 is 5.32 Å². The average molecular weight is 299 g/mol. The van der Waals surface area contributed by atoms with Crippen LogP contribution in [0.4, 0.5) is 5.69 Å². The fourth-order valence-electron chi connectivity index (χ4n) is 1.25. The van der Waals surface area contributed by atoms with Crippen LogP contribution in [-0.4, -0.2) is 11.2 Å². The van der Waals surface area contributed by atoms with Gasteiger partial charge in [0, 0.05) is 10.2 Å². The molecule has 2 aromatic rings. The lowest BCUT2D eigenvalue weighted by Crippen LogP contribution is -2.41. The Morgan fingerprint density at radius 2 is 2.12 bits per heavy atom. The molecule has 17 heavy (non-hydrogen) atoms. The van der Waals surface area contributed by atoms with Crippen LogP contribution in [0.15, 0.2) is 44.3 Å². The SMILES string of the molecule is O=C(C[n+]1cc(=O)o[nH]1)Nc1ccc(Br)cc1. The summed E-state index contributed by atoms with van der Waals surface area (Å²) < 4.78 is 6.62. The van der Waals surface area contributed by atoms with E-state index in [1.807, 2.05) is 12.1 Å². The van der Waals surface area contributed by atoms with E-state index < -0.39 is 5.63 Å². The molecule has 2 rings (SSSR count). The third-order valence-electron chi connectivity index (χ3n) is 1.97. The minimum absolute atomic E-state index is 0.0121. The molecule has 0 aliphatic carbocycles. The van der Waals surface area contributed by atoms with Crippen LogP contribution < -0.4 is 15.6 Å². The molecule has 1 aromatic heterocycles. The van der Waals surface area contributed by atoms with Gasteiger partial charge in [-0.25, -0.2) is 4.79 Å². The van der Waals surface area contributed by atoms with E-state index >= 15 is 0 Å². The van der Waals surface area contributed by atoms with Gasteiger partial charge in [-0.1, -0.05) is 20.6 Å². The molecule has 7 heteroatoms. The van der Waals surface area contributed by atoms with Gasteiger partial charge in [0.1, 0.15) is 0 Å². The summed E-state index contributed by atoms with van der Waals surface area (Å²) in [7, 11) is 0. The molecule has 0 saturated heterocycles. The van der Waals surface area contributed by atoms with Crippen molar-refractivity contribution in [3.8, 4) is 0 Å². The molecule has 1 amide bonds. The average Bonchev–Trinajstić information content (AvgIpc) is 2.67. The van der Waals surface area contributed by atoms with Crippen molar-refractivity contribution in [1.29, 1.82) is 0 Å². The maximum Gasteiger partial charge on any atom is 0.426 e. The molecule has 1 aromatic carbocycles. The number of nitrogens with zero attached hydrogens (tertiary/aromatic N) is 1. The molecule has 0 radical (unpaired) electrons. The molecule has 0 aliphatic rings. The number of carbonyl (C=O) groups excluding carboxylic acids is 1. The van der Waals surface area contributed by atoms with Gasteiger partial charge in [-0.15, -0.1) is 0 Å². The van der Waals surface area contributed by atoms with Crippen molar-refractivity contribution in [3.05, 3.63) is 45.4 Å². The van der Waals surface area contributed by atoms with Gasteiger partial charge >= 0.3 is 5.63 Å². The van der Waals surface area contributed by atoms with E-state index in [9.17, 15) is 9.59 Å². The Balaban J connectivity index is 1.97. The number of hydrogen-bond acceptors (Lipinski definition) is 3. The van der Waals surface area contributed by atoms with Gasteiger partial charge in [0.25, 0.3) is 18.6 Å². The van der Waals surface area contributed by atoms with Gasteiger partial charge in [-0.3, -0.25) is 9.32 Å². The smallest absolute Gasteiger partial charge is 0.321 e. The predicted molar refractivity (Wildman–Crippen MR) is 62.3 cm³/mol. The highest BCUT2D eigenvalue weighted by Crippen LogP contribution is 2.13. The van der Waals surface area contributed by atoms with Crippen LogP contribution in [0.2, 0.25) is 0 Å². The fourth-order valence-corrected chi connectivity index (χ4v) is 1.51. The molecule has 0 aliphatic heterocycles. The molecule has 0 bridgehead atoms. The molecule has 0 fully saturated rings. The Bertz CT molecular complexity index is 573. The topological polar surface area (TPSA) is 79.0 Å². The molecule has 0 atom stereocenters. The first-order valence-electron chi connectivity index (χ1n) is 4.77. The summed E-state index contributed by atoms with van der Waals surface area (Å²) >= 11 is 3.30. The number of carbonyl (C=O) groups is 1. The maximum absolute atomic E-state index is 11.6. The summed E-state index contributed by atoms with van der Waals surface area (Å²) in [5.41, 5.74) is 0.158. The Morgan fingerprint density at radius 3 is 2.71 bits per heavy atom. The summed E-state index contributed by atoms with van der Waals surface area (Å²) in [5, 5.41) is 4.97. The molecular weight excluding hydrogens is 290 g/mol. The van der Waals surface area contributed by atoms with E-state index in [0.29, 0.717) is 5.69 Å². The van der Waals surface area contributed by atoms with E-state index in [0.717, 1.165) is 4.47 Å². The van der Waals surface area contributed by atoms with Gasteiger partial charge in [-0.05, 0) is 29.5 Å². The zero-order valence-corrected chi connectivity index (χ0v) is 10.2. The van der Waals surface area contributed by atoms with E-state index in [2.05, 4.69) is 31.0 Å². The van der Waals surface area contributed by atoms with Gasteiger partial charge in [0.2, 0.25) is 0 Å². The summed E-state index contributed by atoms with van der Waals surface area (Å²) in [5.74, 6) is -0.255. The van der Waals surface area contributed by atoms with Crippen LogP contribution in [0.3, 0.4) is 0 Å². The van der Waals surface area contributed by atoms with Crippen molar-refractivity contribution in [2.75, 3.05) is 5.32 Å². The van der Waals surface area contributed by atoms with Crippen molar-refractivity contribution >= 4 is 27.5 Å². The number of aromatic nitrogens is 2. The summed E-state index contributed by atoms with van der Waals surface area (Å²) in [4.78, 5) is 22.3. The van der Waals surface area contributed by atoms with Crippen molar-refractivity contribution in [1.82, 2.24) is 5.27 Å². The highest BCUT2D eigenvalue weighted by molar-refractivity contribution is 9.10. The minimum atomic E-state index is -0.526. The van der Waals surface area contributed by atoms with Crippen molar-refractivity contribution < 1.29 is 14.0 Å². The lowest BCUT2D eigenvalue weighted by atomic mass is 10.3. The number of amides is 1. The number of benzene rings is 1. The zero-order chi connectivity index (χ0) is 12.3. The monoisotopic (exact) mass is 298 g/mol. The fraction of sp³-hybridized carbons (Fsp3) is 0.100. The van der Waals surface area contributed by atoms with Crippen molar-refractivity contribution in [3.63, 3.8) is 0 Å². The molecule has 6 nitrogen and oxygen atoms in total. The van der Waals surface area contributed by atoms with Gasteiger partial charge in [-0.2, -0.15) is 0 Å². The number of aromatic amines is 1. The third-order valence-corrected chi connectivity index (χ3v) is 2.50. The molecule has 0 unspecified atom stereocenters. The van der Waals surface area contributed by atoms with Gasteiger partial charge in [0.05, 0.1) is 0 Å². The van der Waals surface area contributed by atoms with Crippen LogP contribution >= 0.6 is 15.9 Å². The quantitative estimate of drug-likeness (QED) is 0.817.